The van der Waals surface area contributed by atoms with Gasteiger partial charge in [0.2, 0.25) is 11.8 Å². The van der Waals surface area contributed by atoms with Crippen LogP contribution in [-0.2, 0) is 19.2 Å². The number of rotatable bonds is 13. The number of primary amides is 2. The molecule has 0 aromatic heterocycles. The van der Waals surface area contributed by atoms with Crippen LogP contribution >= 0.6 is 0 Å². The molecule has 0 unspecified atom stereocenters. The average molecular weight is 539 g/mol. The van der Waals surface area contributed by atoms with Crippen molar-refractivity contribution in [1.82, 2.24) is 9.80 Å². The molecule has 0 aliphatic heterocycles. The van der Waals surface area contributed by atoms with E-state index in [9.17, 15) is 39.0 Å². The number of hydrogen-bond acceptors (Lipinski definition) is 6. The first kappa shape index (κ1) is 31.0. The van der Waals surface area contributed by atoms with Crippen LogP contribution in [0.2, 0.25) is 0 Å². The molecule has 2 saturated carbocycles. The lowest BCUT2D eigenvalue weighted by Gasteiger charge is -2.40. The second-order valence-corrected chi connectivity index (χ2v) is 10.6. The second-order valence-electron chi connectivity index (χ2n) is 10.6. The maximum atomic E-state index is 12.8. The number of nitrogens with zero attached hydrogens (tertiary/aromatic N) is 2. The maximum absolute atomic E-state index is 12.8. The highest BCUT2D eigenvalue weighted by molar-refractivity contribution is 6.00. The summed E-state index contributed by atoms with van der Waals surface area (Å²) >= 11 is 0. The number of carbonyl (C=O) groups is 6. The lowest BCUT2D eigenvalue weighted by Crippen LogP contribution is -2.61. The highest BCUT2D eigenvalue weighted by atomic mass is 16.4. The van der Waals surface area contributed by atoms with Gasteiger partial charge in [0.15, 0.2) is 0 Å². The Morgan fingerprint density at radius 3 is 1.08 bits per heavy atom. The summed E-state index contributed by atoms with van der Waals surface area (Å²) in [5, 5.41) is 19.6. The van der Waals surface area contributed by atoms with Crippen molar-refractivity contribution in [2.24, 2.45) is 11.5 Å². The number of amides is 6. The van der Waals surface area contributed by atoms with Gasteiger partial charge in [0.05, 0.1) is 0 Å². The molecule has 6 N–H and O–H groups in total. The van der Waals surface area contributed by atoms with Gasteiger partial charge >= 0.3 is 24.0 Å². The molecule has 0 aromatic carbocycles. The van der Waals surface area contributed by atoms with Gasteiger partial charge in [-0.25, -0.2) is 29.0 Å². The largest absolute Gasteiger partial charge is 0.479 e. The molecular weight excluding hydrogens is 496 g/mol. The predicted molar refractivity (Wildman–Crippen MR) is 137 cm³/mol. The number of hydrogen-bond donors (Lipinski definition) is 4. The Balaban J connectivity index is 1.77. The molecule has 6 amide bonds. The molecule has 0 bridgehead atoms. The van der Waals surface area contributed by atoms with Crippen LogP contribution in [0.25, 0.3) is 0 Å². The number of carboxylic acid groups (broad SMARTS) is 2. The third-order valence-electron chi connectivity index (χ3n) is 7.98. The molecule has 0 heterocycles. The van der Waals surface area contributed by atoms with Crippen LogP contribution in [0, 0.1) is 0 Å². The van der Waals surface area contributed by atoms with Crippen LogP contribution < -0.4 is 11.5 Å². The minimum atomic E-state index is -1.57. The Labute approximate surface area is 223 Å². The second kappa shape index (κ2) is 14.1. The van der Waals surface area contributed by atoms with Crippen molar-refractivity contribution >= 4 is 35.8 Å². The number of unbranched alkanes of at least 4 members (excludes halogenated alkanes) is 5. The van der Waals surface area contributed by atoms with E-state index in [2.05, 4.69) is 0 Å². The van der Waals surface area contributed by atoms with E-state index in [4.69, 9.17) is 11.5 Å². The monoisotopic (exact) mass is 538 g/mol. The molecule has 0 radical (unpaired) electrons. The SMILES string of the molecule is NC(=O)N(C(=O)CCCCCCCCC(=O)N(C(N)=O)C1(C(=O)O)CCCCC1)C1(C(=O)O)CCCCC1. The lowest BCUT2D eigenvalue weighted by molar-refractivity contribution is -0.158. The van der Waals surface area contributed by atoms with E-state index in [0.717, 1.165) is 35.5 Å². The van der Waals surface area contributed by atoms with Gasteiger partial charge < -0.3 is 21.7 Å². The molecular formula is C26H42N4O8. The van der Waals surface area contributed by atoms with E-state index in [1.54, 1.807) is 0 Å². The summed E-state index contributed by atoms with van der Waals surface area (Å²) in [6.07, 6.45) is 8.77. The van der Waals surface area contributed by atoms with Crippen LogP contribution in [0.4, 0.5) is 9.59 Å². The smallest absolute Gasteiger partial charge is 0.330 e. The van der Waals surface area contributed by atoms with Gasteiger partial charge in [0, 0.05) is 12.8 Å². The normalized spacial score (nSPS) is 18.2. The first-order valence-corrected chi connectivity index (χ1v) is 13.7. The molecule has 12 heteroatoms. The Morgan fingerprint density at radius 2 is 0.816 bits per heavy atom. The van der Waals surface area contributed by atoms with Crippen molar-refractivity contribution in [3.05, 3.63) is 0 Å². The summed E-state index contributed by atoms with van der Waals surface area (Å²) in [6.45, 7) is 0. The van der Waals surface area contributed by atoms with Crippen molar-refractivity contribution in [1.29, 1.82) is 0 Å². The standard InChI is InChI=1S/C26H42N4O8/c27-23(37)29(25(21(33)34)15-9-5-10-16-25)19(31)13-7-3-1-2-4-8-14-20(32)30(24(28)38)26(22(35)36)17-11-6-12-18-26/h1-18H2,(H2,27,37)(H2,28,38)(H,33,34)(H,35,36). The number of carboxylic acids is 2. The van der Waals surface area contributed by atoms with Crippen LogP contribution in [0.5, 0.6) is 0 Å². The number of aliphatic carboxylic acids is 2. The van der Waals surface area contributed by atoms with E-state index in [1.165, 1.54) is 0 Å². The fraction of sp³-hybridized carbons (Fsp3) is 0.769. The summed E-state index contributed by atoms with van der Waals surface area (Å²) in [6, 6.07) is -2.07. The van der Waals surface area contributed by atoms with Crippen molar-refractivity contribution in [3.8, 4) is 0 Å². The highest BCUT2D eigenvalue weighted by Gasteiger charge is 2.50. The van der Waals surface area contributed by atoms with Gasteiger partial charge in [-0.2, -0.15) is 0 Å². The number of carbonyl (C=O) groups excluding carboxylic acids is 4. The molecule has 2 fully saturated rings. The van der Waals surface area contributed by atoms with Gasteiger partial charge in [-0.05, 0) is 38.5 Å². The van der Waals surface area contributed by atoms with E-state index >= 15 is 0 Å². The van der Waals surface area contributed by atoms with Crippen LogP contribution in [0.15, 0.2) is 0 Å². The number of urea groups is 2. The van der Waals surface area contributed by atoms with Gasteiger partial charge in [-0.1, -0.05) is 64.2 Å². The lowest BCUT2D eigenvalue weighted by atomic mass is 9.80. The number of imide groups is 2. The molecule has 0 aromatic rings. The van der Waals surface area contributed by atoms with Gasteiger partial charge in [0.1, 0.15) is 11.1 Å². The number of nitrogens with two attached hydrogens (primary N) is 2. The van der Waals surface area contributed by atoms with Gasteiger partial charge in [0.25, 0.3) is 0 Å². The third-order valence-corrected chi connectivity index (χ3v) is 7.98. The molecule has 0 saturated heterocycles. The maximum Gasteiger partial charge on any atom is 0.330 e. The topological polar surface area (TPSA) is 201 Å². The Hall–Kier alpha value is -3.18. The summed E-state index contributed by atoms with van der Waals surface area (Å²) < 4.78 is 0. The minimum absolute atomic E-state index is 0.0152. The molecule has 2 rings (SSSR count). The van der Waals surface area contributed by atoms with E-state index in [-0.39, 0.29) is 38.5 Å². The molecule has 0 spiro atoms. The van der Waals surface area contributed by atoms with Crippen molar-refractivity contribution in [2.45, 2.75) is 127 Å². The Bertz CT molecular complexity index is 822. The zero-order chi connectivity index (χ0) is 28.3. The molecule has 2 aliphatic carbocycles. The average Bonchev–Trinajstić information content (AvgIpc) is 2.86. The van der Waals surface area contributed by atoms with Crippen LogP contribution in [0.3, 0.4) is 0 Å². The summed E-state index contributed by atoms with van der Waals surface area (Å²) in [5.41, 5.74) is 7.72. The molecule has 2 aliphatic rings. The van der Waals surface area contributed by atoms with Crippen molar-refractivity contribution in [3.63, 3.8) is 0 Å². The zero-order valence-electron chi connectivity index (χ0n) is 22.1. The fourth-order valence-corrected chi connectivity index (χ4v) is 5.97. The predicted octanol–water partition coefficient (Wildman–Crippen LogP) is 3.50. The summed E-state index contributed by atoms with van der Waals surface area (Å²) in [7, 11) is 0. The first-order valence-electron chi connectivity index (χ1n) is 13.7. The van der Waals surface area contributed by atoms with Gasteiger partial charge in [-0.3, -0.25) is 9.59 Å². The summed E-state index contributed by atoms with van der Waals surface area (Å²) in [4.78, 5) is 75.1. The highest BCUT2D eigenvalue weighted by Crippen LogP contribution is 2.36. The third kappa shape index (κ3) is 7.22. The molecule has 12 nitrogen and oxygen atoms in total. The fourth-order valence-electron chi connectivity index (χ4n) is 5.97. The molecule has 214 valence electrons. The first-order chi connectivity index (χ1) is 18.0. The van der Waals surface area contributed by atoms with E-state index < -0.39 is 46.9 Å². The molecule has 0 atom stereocenters. The van der Waals surface area contributed by atoms with Gasteiger partial charge in [-0.15, -0.1) is 0 Å². The Morgan fingerprint density at radius 1 is 0.526 bits per heavy atom. The van der Waals surface area contributed by atoms with Crippen LogP contribution in [0.1, 0.15) is 116 Å². The Kier molecular flexibility index (Phi) is 11.5. The van der Waals surface area contributed by atoms with E-state index in [0.29, 0.717) is 51.4 Å². The minimum Gasteiger partial charge on any atom is -0.479 e. The zero-order valence-corrected chi connectivity index (χ0v) is 22.1. The van der Waals surface area contributed by atoms with Crippen LogP contribution in [-0.4, -0.2) is 66.9 Å². The molecule has 38 heavy (non-hydrogen) atoms. The van der Waals surface area contributed by atoms with Crippen molar-refractivity contribution in [2.75, 3.05) is 0 Å². The van der Waals surface area contributed by atoms with E-state index in [1.807, 2.05) is 0 Å². The van der Waals surface area contributed by atoms with Crippen molar-refractivity contribution < 1.29 is 39.0 Å². The summed E-state index contributed by atoms with van der Waals surface area (Å²) in [5.74, 6) is -3.55. The quantitative estimate of drug-likeness (QED) is 0.255.